The highest BCUT2D eigenvalue weighted by atomic mass is 32.2. The molecule has 0 radical (unpaired) electrons. The van der Waals surface area contributed by atoms with Crippen molar-refractivity contribution in [3.05, 3.63) is 73.1 Å². The Balaban J connectivity index is 1.91. The first-order valence-electron chi connectivity index (χ1n) is 7.48. The second kappa shape index (κ2) is 6.85. The van der Waals surface area contributed by atoms with Crippen LogP contribution in [-0.4, -0.2) is 27.9 Å². The molecule has 0 saturated heterocycles. The minimum Gasteiger partial charge on any atom is -0.497 e. The number of rotatable bonds is 6. The molecule has 0 spiro atoms. The highest BCUT2D eigenvalue weighted by molar-refractivity contribution is 7.93. The molecular formula is C17H16N2O5S2. The zero-order chi connectivity index (χ0) is 18.8. The van der Waals surface area contributed by atoms with Crippen LogP contribution in [0.1, 0.15) is 0 Å². The van der Waals surface area contributed by atoms with Gasteiger partial charge in [-0.1, -0.05) is 24.3 Å². The zero-order valence-electron chi connectivity index (χ0n) is 13.7. The number of methoxy groups -OCH3 is 1. The van der Waals surface area contributed by atoms with Gasteiger partial charge in [0.25, 0.3) is 20.0 Å². The number of nitrogens with one attached hydrogen (secondary N) is 1. The van der Waals surface area contributed by atoms with Gasteiger partial charge < -0.3 is 4.74 Å². The highest BCUT2D eigenvalue weighted by Crippen LogP contribution is 2.22. The van der Waals surface area contributed by atoms with Crippen LogP contribution in [0, 0.1) is 0 Å². The maximum atomic E-state index is 12.5. The van der Waals surface area contributed by atoms with Crippen molar-refractivity contribution in [2.24, 2.45) is 0 Å². The summed E-state index contributed by atoms with van der Waals surface area (Å²) in [7, 11) is -6.33. The number of ether oxygens (including phenoxy) is 1. The lowest BCUT2D eigenvalue weighted by Gasteiger charge is -2.08. The zero-order valence-corrected chi connectivity index (χ0v) is 15.4. The molecule has 0 fully saturated rings. The summed E-state index contributed by atoms with van der Waals surface area (Å²) in [4.78, 5) is -0.0971. The SMILES string of the molecule is COc1cccc(NS(=O)(=O)c2ccn(S(=O)(=O)c3ccccc3)c2)c1. The average Bonchev–Trinajstić information content (AvgIpc) is 3.14. The fourth-order valence-electron chi connectivity index (χ4n) is 2.28. The molecule has 136 valence electrons. The lowest BCUT2D eigenvalue weighted by Crippen LogP contribution is -2.14. The molecule has 3 aromatic rings. The van der Waals surface area contributed by atoms with Crippen molar-refractivity contribution in [2.45, 2.75) is 9.79 Å². The number of hydrogen-bond donors (Lipinski definition) is 1. The van der Waals surface area contributed by atoms with E-state index in [-0.39, 0.29) is 9.79 Å². The maximum Gasteiger partial charge on any atom is 0.267 e. The number of aromatic nitrogens is 1. The van der Waals surface area contributed by atoms with E-state index in [0.717, 1.165) is 10.2 Å². The molecule has 0 bridgehead atoms. The fourth-order valence-corrected chi connectivity index (χ4v) is 4.61. The molecule has 1 aromatic heterocycles. The van der Waals surface area contributed by atoms with E-state index in [4.69, 9.17) is 4.74 Å². The first-order valence-corrected chi connectivity index (χ1v) is 10.4. The quantitative estimate of drug-likeness (QED) is 0.696. The van der Waals surface area contributed by atoms with Crippen molar-refractivity contribution in [2.75, 3.05) is 11.8 Å². The third-order valence-electron chi connectivity index (χ3n) is 3.59. The van der Waals surface area contributed by atoms with Gasteiger partial charge in [0.05, 0.1) is 17.7 Å². The van der Waals surface area contributed by atoms with E-state index < -0.39 is 20.0 Å². The lowest BCUT2D eigenvalue weighted by atomic mass is 10.3. The van der Waals surface area contributed by atoms with Gasteiger partial charge in [0.1, 0.15) is 10.6 Å². The summed E-state index contributed by atoms with van der Waals surface area (Å²) in [5.74, 6) is 0.495. The smallest absolute Gasteiger partial charge is 0.267 e. The predicted molar refractivity (Wildman–Crippen MR) is 97.3 cm³/mol. The molecule has 0 aliphatic carbocycles. The number of hydrogen-bond acceptors (Lipinski definition) is 5. The Morgan fingerprint density at radius 2 is 1.62 bits per heavy atom. The Morgan fingerprint density at radius 3 is 2.31 bits per heavy atom. The Morgan fingerprint density at radius 1 is 0.885 bits per heavy atom. The molecule has 2 aromatic carbocycles. The van der Waals surface area contributed by atoms with E-state index in [1.807, 2.05) is 0 Å². The van der Waals surface area contributed by atoms with Gasteiger partial charge in [0.2, 0.25) is 0 Å². The summed E-state index contributed by atoms with van der Waals surface area (Å²) in [5, 5.41) is 0. The van der Waals surface area contributed by atoms with Gasteiger partial charge in [-0.15, -0.1) is 0 Å². The molecule has 1 N–H and O–H groups in total. The Bertz CT molecular complexity index is 1120. The number of benzene rings is 2. The topological polar surface area (TPSA) is 94.5 Å². The summed E-state index contributed by atoms with van der Waals surface area (Å²) in [6.07, 6.45) is 2.26. The van der Waals surface area contributed by atoms with Crippen LogP contribution in [0.4, 0.5) is 5.69 Å². The third-order valence-corrected chi connectivity index (χ3v) is 6.61. The Labute approximate surface area is 152 Å². The molecule has 0 unspecified atom stereocenters. The summed E-state index contributed by atoms with van der Waals surface area (Å²) in [6, 6.07) is 15.4. The van der Waals surface area contributed by atoms with Gasteiger partial charge >= 0.3 is 0 Å². The van der Waals surface area contributed by atoms with Crippen molar-refractivity contribution in [1.29, 1.82) is 0 Å². The molecule has 7 nitrogen and oxygen atoms in total. The van der Waals surface area contributed by atoms with Gasteiger partial charge in [-0.2, -0.15) is 0 Å². The van der Waals surface area contributed by atoms with Crippen LogP contribution < -0.4 is 9.46 Å². The highest BCUT2D eigenvalue weighted by Gasteiger charge is 2.21. The summed E-state index contributed by atoms with van der Waals surface area (Å²) >= 11 is 0. The Kier molecular flexibility index (Phi) is 4.75. The molecule has 0 aliphatic rings. The van der Waals surface area contributed by atoms with E-state index in [1.165, 1.54) is 37.6 Å². The normalized spacial score (nSPS) is 11.9. The number of sulfonamides is 1. The second-order valence-electron chi connectivity index (χ2n) is 5.33. The summed E-state index contributed by atoms with van der Waals surface area (Å²) in [5.41, 5.74) is 0.308. The van der Waals surface area contributed by atoms with Crippen molar-refractivity contribution in [1.82, 2.24) is 3.97 Å². The van der Waals surface area contributed by atoms with Gasteiger partial charge in [0, 0.05) is 18.5 Å². The predicted octanol–water partition coefficient (Wildman–Crippen LogP) is 2.53. The van der Waals surface area contributed by atoms with Crippen molar-refractivity contribution >= 4 is 25.7 Å². The summed E-state index contributed by atoms with van der Waals surface area (Å²) < 4.78 is 58.5. The van der Waals surface area contributed by atoms with E-state index in [9.17, 15) is 16.8 Å². The van der Waals surface area contributed by atoms with Crippen molar-refractivity contribution in [3.63, 3.8) is 0 Å². The van der Waals surface area contributed by atoms with Gasteiger partial charge in [0.15, 0.2) is 0 Å². The van der Waals surface area contributed by atoms with E-state index >= 15 is 0 Å². The molecule has 0 aliphatic heterocycles. The first kappa shape index (κ1) is 18.0. The standard InChI is InChI=1S/C17H16N2O5S2/c1-24-15-7-5-6-14(12-15)18-25(20,21)17-10-11-19(13-17)26(22,23)16-8-3-2-4-9-16/h2-13,18H,1H3. The molecule has 0 saturated carbocycles. The molecule has 0 amide bonds. The minimum atomic E-state index is -3.95. The molecule has 0 atom stereocenters. The molecule has 3 rings (SSSR count). The number of nitrogens with zero attached hydrogens (tertiary/aromatic N) is 1. The van der Waals surface area contributed by atoms with Crippen LogP contribution >= 0.6 is 0 Å². The van der Waals surface area contributed by atoms with Crippen LogP contribution in [0.15, 0.2) is 82.8 Å². The van der Waals surface area contributed by atoms with E-state index in [2.05, 4.69) is 4.72 Å². The summed E-state index contributed by atoms with van der Waals surface area (Å²) in [6.45, 7) is 0. The van der Waals surface area contributed by atoms with Crippen LogP contribution in [0.3, 0.4) is 0 Å². The fraction of sp³-hybridized carbons (Fsp3) is 0.0588. The Hall–Kier alpha value is -2.78. The molecule has 1 heterocycles. The molecule has 26 heavy (non-hydrogen) atoms. The second-order valence-corrected chi connectivity index (χ2v) is 8.86. The van der Waals surface area contributed by atoms with Gasteiger partial charge in [-0.25, -0.2) is 20.8 Å². The lowest BCUT2D eigenvalue weighted by molar-refractivity contribution is 0.415. The maximum absolute atomic E-state index is 12.5. The molecule has 9 heteroatoms. The minimum absolute atomic E-state index is 0.0697. The third kappa shape index (κ3) is 3.58. The van der Waals surface area contributed by atoms with Crippen LogP contribution in [0.25, 0.3) is 0 Å². The van der Waals surface area contributed by atoms with E-state index in [1.54, 1.807) is 36.4 Å². The van der Waals surface area contributed by atoms with Crippen molar-refractivity contribution in [3.8, 4) is 5.75 Å². The number of anilines is 1. The monoisotopic (exact) mass is 392 g/mol. The van der Waals surface area contributed by atoms with Crippen LogP contribution in [-0.2, 0) is 20.0 Å². The van der Waals surface area contributed by atoms with Crippen molar-refractivity contribution < 1.29 is 21.6 Å². The van der Waals surface area contributed by atoms with Gasteiger partial charge in [-0.3, -0.25) is 4.72 Å². The van der Waals surface area contributed by atoms with Gasteiger partial charge in [-0.05, 0) is 30.3 Å². The first-order chi connectivity index (χ1) is 12.3. The van der Waals surface area contributed by atoms with E-state index in [0.29, 0.717) is 11.4 Å². The molecular weight excluding hydrogens is 376 g/mol. The van der Waals surface area contributed by atoms with Crippen LogP contribution in [0.2, 0.25) is 0 Å². The largest absolute Gasteiger partial charge is 0.497 e. The average molecular weight is 392 g/mol. The van der Waals surface area contributed by atoms with Crippen LogP contribution in [0.5, 0.6) is 5.75 Å².